The molecule has 3 heterocycles. The number of thiazole rings is 1. The van der Waals surface area contributed by atoms with Crippen LogP contribution < -0.4 is 9.54 Å². The van der Waals surface area contributed by atoms with Gasteiger partial charge in [0.05, 0.1) is 36.9 Å². The van der Waals surface area contributed by atoms with E-state index in [4.69, 9.17) is 14.2 Å². The third kappa shape index (κ3) is 7.45. The molecule has 0 spiro atoms. The highest BCUT2D eigenvalue weighted by atomic mass is 32.1. The van der Waals surface area contributed by atoms with Crippen LogP contribution in [0.5, 0.6) is 5.75 Å². The number of likely N-dealkylation sites (tertiary alicyclic amines) is 1. The largest absolute Gasteiger partial charge is 0.486 e. The monoisotopic (exact) mass is 583 g/mol. The lowest BCUT2D eigenvalue weighted by Crippen LogP contribution is -2.57. The normalized spacial score (nSPS) is 19.1. The van der Waals surface area contributed by atoms with Gasteiger partial charge in [-0.05, 0) is 57.2 Å². The van der Waals surface area contributed by atoms with E-state index in [0.717, 1.165) is 35.9 Å². The van der Waals surface area contributed by atoms with Crippen molar-refractivity contribution in [2.75, 3.05) is 19.7 Å². The molecule has 2 amide bonds. The molecule has 4 rings (SSSR count). The van der Waals surface area contributed by atoms with Crippen molar-refractivity contribution < 1.29 is 37.0 Å². The molecule has 2 aliphatic rings. The number of nitrogens with zero attached hydrogens (tertiary/aromatic N) is 3. The Hall–Kier alpha value is -2.86. The lowest BCUT2D eigenvalue weighted by Gasteiger charge is -2.39. The molecule has 1 aromatic carbocycles. The lowest BCUT2D eigenvalue weighted by molar-refractivity contribution is -0.137. The minimum atomic E-state index is -4.65. The molecule has 40 heavy (non-hydrogen) atoms. The summed E-state index contributed by atoms with van der Waals surface area (Å²) < 4.78 is 59.6. The van der Waals surface area contributed by atoms with Crippen molar-refractivity contribution >= 4 is 23.3 Å². The summed E-state index contributed by atoms with van der Waals surface area (Å²) in [5, 5.41) is 0. The highest BCUT2D eigenvalue weighted by molar-refractivity contribution is 7.09. The molecule has 220 valence electrons. The van der Waals surface area contributed by atoms with Gasteiger partial charge < -0.3 is 23.7 Å². The van der Waals surface area contributed by atoms with Crippen LogP contribution in [-0.4, -0.2) is 59.0 Å². The van der Waals surface area contributed by atoms with Crippen molar-refractivity contribution in [3.63, 3.8) is 0 Å². The number of rotatable bonds is 5. The van der Waals surface area contributed by atoms with Crippen LogP contribution in [0.3, 0.4) is 0 Å². The van der Waals surface area contributed by atoms with Crippen LogP contribution in [0.4, 0.5) is 18.0 Å². The summed E-state index contributed by atoms with van der Waals surface area (Å²) in [6, 6.07) is 2.78. The Morgan fingerprint density at radius 2 is 1.82 bits per heavy atom. The molecule has 1 atom stereocenters. The second-order valence-electron chi connectivity index (χ2n) is 12.2. The van der Waals surface area contributed by atoms with Crippen LogP contribution >= 0.6 is 11.3 Å². The number of carbonyl (C=O) groups is 2. The number of amides is 2. The van der Waals surface area contributed by atoms with Crippen molar-refractivity contribution in [3.8, 4) is 5.75 Å². The van der Waals surface area contributed by atoms with Crippen LogP contribution in [-0.2, 0) is 27.6 Å². The highest BCUT2D eigenvalue weighted by Crippen LogP contribution is 2.34. The Bertz CT molecular complexity index is 1310. The van der Waals surface area contributed by atoms with E-state index < -0.39 is 35.4 Å². The molecule has 0 aliphatic carbocycles. The minimum Gasteiger partial charge on any atom is -0.486 e. The van der Waals surface area contributed by atoms with Gasteiger partial charge in [-0.15, -0.1) is 11.3 Å². The fourth-order valence-electron chi connectivity index (χ4n) is 4.24. The standard InChI is InChI=1S/C28H36F3N3O5S/c1-26(2,3)22-16-33(13-18-8-7-11-37-18)24(40-22)32-23(35)20-12-17(28(29,30)31)9-10-21(20)38-19-14-34(15-19)25(36)39-27(4,5)6/h9-10,12,16,18-19H,7-8,11,13-15H2,1-6H3/b32-24-/t18-/m1/s1. The second-order valence-corrected chi connectivity index (χ2v) is 13.2. The van der Waals surface area contributed by atoms with Crippen LogP contribution in [0.15, 0.2) is 29.4 Å². The predicted octanol–water partition coefficient (Wildman–Crippen LogP) is 5.78. The van der Waals surface area contributed by atoms with Crippen LogP contribution in [0.1, 0.15) is 75.2 Å². The molecule has 0 N–H and O–H groups in total. The summed E-state index contributed by atoms with van der Waals surface area (Å²) >= 11 is 1.32. The van der Waals surface area contributed by atoms with Gasteiger partial charge in [0.15, 0.2) is 4.80 Å². The molecule has 8 nitrogen and oxygen atoms in total. The SMILES string of the molecule is CC(C)(C)OC(=O)N1CC(Oc2ccc(C(F)(F)F)cc2C(=O)/N=c2\sc(C(C)(C)C)cn2C[C@H]2CCCO2)C1. The fourth-order valence-corrected chi connectivity index (χ4v) is 5.30. The van der Waals surface area contributed by atoms with E-state index in [2.05, 4.69) is 4.99 Å². The summed E-state index contributed by atoms with van der Waals surface area (Å²) in [6.45, 7) is 12.9. The minimum absolute atomic E-state index is 0.0181. The Morgan fingerprint density at radius 3 is 2.40 bits per heavy atom. The molecule has 0 bridgehead atoms. The van der Waals surface area contributed by atoms with Crippen molar-refractivity contribution in [3.05, 3.63) is 45.2 Å². The van der Waals surface area contributed by atoms with Gasteiger partial charge in [-0.2, -0.15) is 18.2 Å². The molecule has 2 fully saturated rings. The Kier molecular flexibility index (Phi) is 8.43. The van der Waals surface area contributed by atoms with Gasteiger partial charge in [-0.3, -0.25) is 4.79 Å². The second kappa shape index (κ2) is 11.2. The number of carbonyl (C=O) groups excluding carboxylic acids is 2. The van der Waals surface area contributed by atoms with E-state index in [1.54, 1.807) is 20.8 Å². The maximum Gasteiger partial charge on any atom is 0.416 e. The zero-order valence-electron chi connectivity index (χ0n) is 23.6. The van der Waals surface area contributed by atoms with Gasteiger partial charge in [-0.1, -0.05) is 20.8 Å². The summed E-state index contributed by atoms with van der Waals surface area (Å²) in [4.78, 5) is 32.8. The predicted molar refractivity (Wildman–Crippen MR) is 144 cm³/mol. The maximum atomic E-state index is 13.6. The molecule has 12 heteroatoms. The fraction of sp³-hybridized carbons (Fsp3) is 0.607. The van der Waals surface area contributed by atoms with E-state index in [1.807, 2.05) is 31.5 Å². The van der Waals surface area contributed by atoms with Crippen LogP contribution in [0.25, 0.3) is 0 Å². The van der Waals surface area contributed by atoms with Crippen molar-refractivity contribution in [2.45, 2.75) is 90.3 Å². The first-order valence-corrected chi connectivity index (χ1v) is 14.1. The van der Waals surface area contributed by atoms with Crippen LogP contribution in [0.2, 0.25) is 0 Å². The third-order valence-corrected chi connectivity index (χ3v) is 7.86. The van der Waals surface area contributed by atoms with Gasteiger partial charge in [0.1, 0.15) is 17.5 Å². The molecule has 0 saturated carbocycles. The first kappa shape index (κ1) is 30.1. The number of hydrogen-bond acceptors (Lipinski definition) is 6. The summed E-state index contributed by atoms with van der Waals surface area (Å²) in [6.07, 6.45) is -1.92. The van der Waals surface area contributed by atoms with Gasteiger partial charge in [0, 0.05) is 17.7 Å². The Balaban J connectivity index is 1.62. The summed E-state index contributed by atoms with van der Waals surface area (Å²) in [7, 11) is 0. The first-order valence-electron chi connectivity index (χ1n) is 13.3. The van der Waals surface area contributed by atoms with Gasteiger partial charge in [0.25, 0.3) is 5.91 Å². The van der Waals surface area contributed by atoms with Crippen LogP contribution in [0, 0.1) is 0 Å². The number of ether oxygens (including phenoxy) is 3. The van der Waals surface area contributed by atoms with E-state index in [9.17, 15) is 22.8 Å². The molecular weight excluding hydrogens is 547 g/mol. The quantitative estimate of drug-likeness (QED) is 0.446. The lowest BCUT2D eigenvalue weighted by atomic mass is 9.95. The average Bonchev–Trinajstić information content (AvgIpc) is 3.44. The highest BCUT2D eigenvalue weighted by Gasteiger charge is 2.37. The van der Waals surface area contributed by atoms with E-state index in [0.29, 0.717) is 18.0 Å². The molecule has 2 saturated heterocycles. The van der Waals surface area contributed by atoms with Gasteiger partial charge in [0.2, 0.25) is 0 Å². The average molecular weight is 584 g/mol. The number of alkyl halides is 3. The molecule has 2 aliphatic heterocycles. The molecule has 0 unspecified atom stereocenters. The number of hydrogen-bond donors (Lipinski definition) is 0. The Labute approximate surface area is 235 Å². The zero-order valence-corrected chi connectivity index (χ0v) is 24.4. The molecule has 2 aromatic rings. The summed E-state index contributed by atoms with van der Waals surface area (Å²) in [5.74, 6) is -0.860. The molecule has 1 aromatic heterocycles. The number of halogens is 3. The van der Waals surface area contributed by atoms with Crippen molar-refractivity contribution in [1.82, 2.24) is 9.47 Å². The van der Waals surface area contributed by atoms with E-state index in [1.165, 1.54) is 16.2 Å². The number of aromatic nitrogens is 1. The van der Waals surface area contributed by atoms with Gasteiger partial charge in [-0.25, -0.2) is 4.79 Å². The first-order chi connectivity index (χ1) is 18.5. The summed E-state index contributed by atoms with van der Waals surface area (Å²) in [5.41, 5.74) is -2.14. The number of benzene rings is 1. The maximum absolute atomic E-state index is 13.6. The van der Waals surface area contributed by atoms with E-state index >= 15 is 0 Å². The van der Waals surface area contributed by atoms with Gasteiger partial charge >= 0.3 is 12.3 Å². The molecular formula is C28H36F3N3O5S. The third-order valence-electron chi connectivity index (χ3n) is 6.41. The van der Waals surface area contributed by atoms with Crippen molar-refractivity contribution in [2.24, 2.45) is 4.99 Å². The zero-order chi connectivity index (χ0) is 29.5. The Morgan fingerprint density at radius 1 is 1.12 bits per heavy atom. The topological polar surface area (TPSA) is 82.4 Å². The molecule has 0 radical (unpaired) electrons. The smallest absolute Gasteiger partial charge is 0.416 e. The van der Waals surface area contributed by atoms with Crippen molar-refractivity contribution in [1.29, 1.82) is 0 Å². The van der Waals surface area contributed by atoms with E-state index in [-0.39, 0.29) is 35.9 Å².